The topological polar surface area (TPSA) is 103 Å². The van der Waals surface area contributed by atoms with Crippen LogP contribution in [0.2, 0.25) is 0 Å². The predicted octanol–water partition coefficient (Wildman–Crippen LogP) is 3.57. The van der Waals surface area contributed by atoms with Crippen LogP contribution in [0.15, 0.2) is 59.5 Å². The van der Waals surface area contributed by atoms with E-state index in [0.29, 0.717) is 40.4 Å². The van der Waals surface area contributed by atoms with Crippen molar-refractivity contribution in [3.63, 3.8) is 0 Å². The summed E-state index contributed by atoms with van der Waals surface area (Å²) in [5.41, 5.74) is 2.21. The molecule has 4 aromatic rings. The molecule has 0 fully saturated rings. The molecule has 0 radical (unpaired) electrons. The number of nitrogens with one attached hydrogen (secondary N) is 1. The maximum atomic E-state index is 13.3. The van der Waals surface area contributed by atoms with Gasteiger partial charge in [-0.1, -0.05) is 18.2 Å². The van der Waals surface area contributed by atoms with Crippen molar-refractivity contribution in [2.45, 2.75) is 13.0 Å². The third-order valence-corrected chi connectivity index (χ3v) is 6.30. The van der Waals surface area contributed by atoms with E-state index in [4.69, 9.17) is 9.47 Å². The van der Waals surface area contributed by atoms with E-state index in [2.05, 4.69) is 9.97 Å². The quantitative estimate of drug-likeness (QED) is 0.409. The smallest absolute Gasteiger partial charge is 0.328 e. The van der Waals surface area contributed by atoms with Gasteiger partial charge in [0.15, 0.2) is 17.1 Å². The summed E-state index contributed by atoms with van der Waals surface area (Å²) in [6.45, 7) is 2.21. The Labute approximate surface area is 195 Å². The number of rotatable bonds is 8. The molecule has 4 rings (SSSR count). The Kier molecular flexibility index (Phi) is 6.43. The van der Waals surface area contributed by atoms with Gasteiger partial charge in [-0.15, -0.1) is 0 Å². The van der Waals surface area contributed by atoms with Crippen LogP contribution in [0, 0.1) is 5.82 Å². The molecule has 8 nitrogen and oxygen atoms in total. The van der Waals surface area contributed by atoms with Crippen molar-refractivity contribution in [1.29, 1.82) is 0 Å². The van der Waals surface area contributed by atoms with Crippen molar-refractivity contribution in [2.75, 3.05) is 25.7 Å². The number of ether oxygens (including phenoxy) is 2. The number of halogens is 1. The van der Waals surface area contributed by atoms with Gasteiger partial charge in [0.1, 0.15) is 15.7 Å². The minimum Gasteiger partial charge on any atom is -0.493 e. The second kappa shape index (κ2) is 9.30. The largest absolute Gasteiger partial charge is 0.493 e. The molecule has 0 bridgehead atoms. The number of aromatic amines is 1. The average molecular weight is 486 g/mol. The second-order valence-corrected chi connectivity index (χ2v) is 10.0. The highest BCUT2D eigenvalue weighted by molar-refractivity contribution is 7.90. The SMILES string of the molecule is CCOc1cc([C@@H](CS(C)(=O)=O)n2c(=O)[nH]c3cc(-c4ccc(F)cc4)cnc32)ccc1OC. The van der Waals surface area contributed by atoms with Gasteiger partial charge in [-0.3, -0.25) is 4.57 Å². The van der Waals surface area contributed by atoms with Crippen LogP contribution < -0.4 is 15.2 Å². The maximum absolute atomic E-state index is 13.3. The Hall–Kier alpha value is -3.66. The Morgan fingerprint density at radius 3 is 2.47 bits per heavy atom. The van der Waals surface area contributed by atoms with Gasteiger partial charge in [-0.25, -0.2) is 22.6 Å². The van der Waals surface area contributed by atoms with Gasteiger partial charge in [0.25, 0.3) is 0 Å². The van der Waals surface area contributed by atoms with Crippen molar-refractivity contribution in [1.82, 2.24) is 14.5 Å². The first-order valence-corrected chi connectivity index (χ1v) is 12.6. The van der Waals surface area contributed by atoms with Gasteiger partial charge >= 0.3 is 5.69 Å². The van der Waals surface area contributed by atoms with Crippen molar-refractivity contribution in [2.24, 2.45) is 0 Å². The molecule has 0 aliphatic carbocycles. The van der Waals surface area contributed by atoms with E-state index < -0.39 is 21.6 Å². The van der Waals surface area contributed by atoms with E-state index >= 15 is 0 Å². The molecule has 0 aliphatic heterocycles. The number of aromatic nitrogens is 3. The van der Waals surface area contributed by atoms with Crippen LogP contribution in [0.5, 0.6) is 11.5 Å². The monoisotopic (exact) mass is 485 g/mol. The predicted molar refractivity (Wildman–Crippen MR) is 128 cm³/mol. The summed E-state index contributed by atoms with van der Waals surface area (Å²) < 4.78 is 50.2. The Morgan fingerprint density at radius 1 is 1.09 bits per heavy atom. The van der Waals surface area contributed by atoms with Gasteiger partial charge in [0, 0.05) is 18.0 Å². The van der Waals surface area contributed by atoms with Crippen LogP contribution in [-0.4, -0.2) is 48.7 Å². The first-order chi connectivity index (χ1) is 16.2. The molecule has 2 aromatic carbocycles. The highest BCUT2D eigenvalue weighted by Crippen LogP contribution is 2.33. The third-order valence-electron chi connectivity index (χ3n) is 5.38. The first-order valence-electron chi connectivity index (χ1n) is 10.5. The minimum atomic E-state index is -3.49. The van der Waals surface area contributed by atoms with E-state index in [1.54, 1.807) is 42.6 Å². The van der Waals surface area contributed by atoms with Crippen LogP contribution >= 0.6 is 0 Å². The molecule has 2 aromatic heterocycles. The maximum Gasteiger partial charge on any atom is 0.328 e. The molecule has 1 atom stereocenters. The minimum absolute atomic E-state index is 0.304. The molecule has 0 spiro atoms. The summed E-state index contributed by atoms with van der Waals surface area (Å²) in [6, 6.07) is 11.8. The van der Waals surface area contributed by atoms with Crippen LogP contribution in [0.4, 0.5) is 4.39 Å². The van der Waals surface area contributed by atoms with Gasteiger partial charge in [0.2, 0.25) is 0 Å². The number of hydrogen-bond acceptors (Lipinski definition) is 6. The molecule has 0 amide bonds. The first kappa shape index (κ1) is 23.5. The average Bonchev–Trinajstić information content (AvgIpc) is 3.12. The lowest BCUT2D eigenvalue weighted by molar-refractivity contribution is 0.310. The van der Waals surface area contributed by atoms with Crippen LogP contribution in [0.3, 0.4) is 0 Å². The van der Waals surface area contributed by atoms with Crippen molar-refractivity contribution < 1.29 is 22.3 Å². The fraction of sp³-hybridized carbons (Fsp3) is 0.250. The number of benzene rings is 2. The number of nitrogens with zero attached hydrogens (tertiary/aromatic N) is 2. The van der Waals surface area contributed by atoms with Crippen LogP contribution in [-0.2, 0) is 9.84 Å². The summed E-state index contributed by atoms with van der Waals surface area (Å²) in [4.78, 5) is 20.3. The number of H-pyrrole nitrogens is 1. The Balaban J connectivity index is 1.86. The Morgan fingerprint density at radius 2 is 1.82 bits per heavy atom. The molecule has 34 heavy (non-hydrogen) atoms. The molecule has 10 heteroatoms. The summed E-state index contributed by atoms with van der Waals surface area (Å²) in [5, 5.41) is 0. The number of sulfone groups is 1. The van der Waals surface area contributed by atoms with E-state index in [-0.39, 0.29) is 11.6 Å². The molecule has 0 saturated carbocycles. The zero-order valence-electron chi connectivity index (χ0n) is 18.9. The van der Waals surface area contributed by atoms with Gasteiger partial charge in [-0.05, 0) is 48.4 Å². The highest BCUT2D eigenvalue weighted by atomic mass is 32.2. The summed E-state index contributed by atoms with van der Waals surface area (Å²) in [7, 11) is -1.98. The summed E-state index contributed by atoms with van der Waals surface area (Å²) >= 11 is 0. The molecular weight excluding hydrogens is 461 g/mol. The van der Waals surface area contributed by atoms with Gasteiger partial charge < -0.3 is 14.5 Å². The fourth-order valence-electron chi connectivity index (χ4n) is 3.88. The van der Waals surface area contributed by atoms with Gasteiger partial charge in [0.05, 0.1) is 31.0 Å². The standard InChI is InChI=1S/C24H24FN3O5S/c1-4-33-22-12-16(7-10-21(22)32-2)20(14-34(3,30)31)28-23-19(27-24(28)29)11-17(13-26-23)15-5-8-18(25)9-6-15/h5-13,20H,4,14H2,1-3H3,(H,27,29)/t20-/m1/s1. The number of fused-ring (bicyclic) bond motifs is 1. The molecule has 0 unspecified atom stereocenters. The lowest BCUT2D eigenvalue weighted by atomic mass is 10.1. The molecule has 178 valence electrons. The van der Waals surface area contributed by atoms with Crippen LogP contribution in [0.25, 0.3) is 22.3 Å². The van der Waals surface area contributed by atoms with E-state index in [1.165, 1.54) is 23.8 Å². The number of pyridine rings is 1. The van der Waals surface area contributed by atoms with Gasteiger partial charge in [-0.2, -0.15) is 0 Å². The molecule has 2 heterocycles. The normalized spacial score (nSPS) is 12.6. The number of hydrogen-bond donors (Lipinski definition) is 1. The third kappa shape index (κ3) is 4.81. The Bertz CT molecular complexity index is 1490. The molecule has 0 aliphatic rings. The molecule has 1 N–H and O–H groups in total. The van der Waals surface area contributed by atoms with Crippen molar-refractivity contribution >= 4 is 21.0 Å². The molecular formula is C24H24FN3O5S. The fourth-order valence-corrected chi connectivity index (χ4v) is 4.79. The summed E-state index contributed by atoms with van der Waals surface area (Å²) in [5.74, 6) is 0.267. The van der Waals surface area contributed by atoms with E-state index in [0.717, 1.165) is 11.8 Å². The van der Waals surface area contributed by atoms with E-state index in [9.17, 15) is 17.6 Å². The van der Waals surface area contributed by atoms with Crippen molar-refractivity contribution in [3.8, 4) is 22.6 Å². The molecule has 0 saturated heterocycles. The number of imidazole rings is 1. The highest BCUT2D eigenvalue weighted by Gasteiger charge is 2.25. The second-order valence-electron chi connectivity index (χ2n) is 7.85. The zero-order valence-corrected chi connectivity index (χ0v) is 19.7. The van der Waals surface area contributed by atoms with Crippen molar-refractivity contribution in [3.05, 3.63) is 76.6 Å². The summed E-state index contributed by atoms with van der Waals surface area (Å²) in [6.07, 6.45) is 2.68. The zero-order chi connectivity index (χ0) is 24.5. The lowest BCUT2D eigenvalue weighted by Gasteiger charge is -2.20. The number of methoxy groups -OCH3 is 1. The lowest BCUT2D eigenvalue weighted by Crippen LogP contribution is -2.28. The van der Waals surface area contributed by atoms with E-state index in [1.807, 2.05) is 6.92 Å². The van der Waals surface area contributed by atoms with Crippen LogP contribution in [0.1, 0.15) is 18.5 Å².